The summed E-state index contributed by atoms with van der Waals surface area (Å²) in [4.78, 5) is 0. The van der Waals surface area contributed by atoms with Crippen LogP contribution in [-0.4, -0.2) is 0 Å². The molecular formula is C15H26. The molecule has 0 aliphatic carbocycles. The van der Waals surface area contributed by atoms with Crippen molar-refractivity contribution in [3.8, 4) is 0 Å². The van der Waals surface area contributed by atoms with Crippen molar-refractivity contribution >= 4 is 0 Å². The number of hydrogen-bond donors (Lipinski definition) is 0. The molecule has 0 aromatic carbocycles. The first-order valence-corrected chi connectivity index (χ1v) is 6.23. The van der Waals surface area contributed by atoms with Gasteiger partial charge in [-0.05, 0) is 38.2 Å². The van der Waals surface area contributed by atoms with E-state index in [0.29, 0.717) is 0 Å². The Kier molecular flexibility index (Phi) is 9.26. The molecule has 15 heavy (non-hydrogen) atoms. The molecule has 0 heteroatoms. The van der Waals surface area contributed by atoms with Crippen molar-refractivity contribution in [2.24, 2.45) is 0 Å². The fourth-order valence-electron chi connectivity index (χ4n) is 1.59. The largest absolute Gasteiger partial charge is 0.0991 e. The van der Waals surface area contributed by atoms with Crippen LogP contribution in [0.5, 0.6) is 0 Å². The minimum Gasteiger partial charge on any atom is -0.0991 e. The summed E-state index contributed by atoms with van der Waals surface area (Å²) >= 11 is 0. The number of unbranched alkanes of at least 4 members (excludes halogenated alkanes) is 2. The molecule has 0 amide bonds. The van der Waals surface area contributed by atoms with Crippen molar-refractivity contribution < 1.29 is 0 Å². The van der Waals surface area contributed by atoms with E-state index in [1.54, 1.807) is 5.57 Å². The lowest BCUT2D eigenvalue weighted by Gasteiger charge is -2.07. The predicted molar refractivity (Wildman–Crippen MR) is 71.1 cm³/mol. The van der Waals surface area contributed by atoms with Crippen LogP contribution in [0.25, 0.3) is 0 Å². The standard InChI is InChI=1S/C15H26/c1-5-8-11-14(4)15(12-9-6-2)13-10-7-3/h6,9,12H,2,5,7-8,10-11,13H2,1,3-4H3/b12-9-,15-14-. The van der Waals surface area contributed by atoms with Crippen molar-refractivity contribution in [2.75, 3.05) is 0 Å². The first-order valence-electron chi connectivity index (χ1n) is 6.23. The fourth-order valence-corrected chi connectivity index (χ4v) is 1.59. The van der Waals surface area contributed by atoms with Gasteiger partial charge in [0.05, 0.1) is 0 Å². The molecule has 0 aromatic rings. The highest BCUT2D eigenvalue weighted by molar-refractivity contribution is 5.26. The minimum absolute atomic E-state index is 1.22. The minimum atomic E-state index is 1.22. The average molecular weight is 206 g/mol. The zero-order valence-electron chi connectivity index (χ0n) is 10.7. The smallest absolute Gasteiger partial charge is 0.0280 e. The van der Waals surface area contributed by atoms with E-state index in [4.69, 9.17) is 0 Å². The molecule has 0 saturated heterocycles. The molecule has 0 saturated carbocycles. The van der Waals surface area contributed by atoms with Gasteiger partial charge >= 0.3 is 0 Å². The van der Waals surface area contributed by atoms with E-state index < -0.39 is 0 Å². The fraction of sp³-hybridized carbons (Fsp3) is 0.600. The predicted octanol–water partition coefficient (Wildman–Crippen LogP) is 5.43. The van der Waals surface area contributed by atoms with Gasteiger partial charge < -0.3 is 0 Å². The van der Waals surface area contributed by atoms with Gasteiger partial charge in [-0.1, -0.05) is 57.1 Å². The highest BCUT2D eigenvalue weighted by Gasteiger charge is 1.98. The molecule has 0 heterocycles. The van der Waals surface area contributed by atoms with Crippen LogP contribution >= 0.6 is 0 Å². The quantitative estimate of drug-likeness (QED) is 0.465. The Morgan fingerprint density at radius 3 is 2.20 bits per heavy atom. The Morgan fingerprint density at radius 1 is 1.07 bits per heavy atom. The number of rotatable bonds is 8. The van der Waals surface area contributed by atoms with Gasteiger partial charge in [-0.25, -0.2) is 0 Å². The molecule has 86 valence electrons. The molecule has 0 spiro atoms. The monoisotopic (exact) mass is 206 g/mol. The Bertz CT molecular complexity index is 218. The van der Waals surface area contributed by atoms with Gasteiger partial charge in [-0.15, -0.1) is 0 Å². The molecule has 0 aliphatic rings. The van der Waals surface area contributed by atoms with Gasteiger partial charge in [0, 0.05) is 0 Å². The number of allylic oxidation sites excluding steroid dienone is 5. The maximum Gasteiger partial charge on any atom is -0.0280 e. The van der Waals surface area contributed by atoms with Gasteiger partial charge in [-0.2, -0.15) is 0 Å². The number of hydrogen-bond acceptors (Lipinski definition) is 0. The SMILES string of the molecule is C=C/C=C\C(CCCC)=C(/C)CCCC. The van der Waals surface area contributed by atoms with Crippen LogP contribution in [-0.2, 0) is 0 Å². The van der Waals surface area contributed by atoms with Crippen LogP contribution in [0.3, 0.4) is 0 Å². The Labute approximate surface area is 95.8 Å². The summed E-state index contributed by atoms with van der Waals surface area (Å²) in [5, 5.41) is 0. The first kappa shape index (κ1) is 14.2. The third kappa shape index (κ3) is 7.18. The van der Waals surface area contributed by atoms with E-state index in [0.717, 1.165) is 0 Å². The second-order valence-corrected chi connectivity index (χ2v) is 4.11. The van der Waals surface area contributed by atoms with Gasteiger partial charge in [-0.3, -0.25) is 0 Å². The van der Waals surface area contributed by atoms with Crippen LogP contribution in [0.1, 0.15) is 59.3 Å². The summed E-state index contributed by atoms with van der Waals surface area (Å²) in [7, 11) is 0. The lowest BCUT2D eigenvalue weighted by Crippen LogP contribution is -1.87. The molecule has 0 atom stereocenters. The summed E-state index contributed by atoms with van der Waals surface area (Å²) in [5.41, 5.74) is 3.08. The Balaban J connectivity index is 4.41. The van der Waals surface area contributed by atoms with E-state index in [2.05, 4.69) is 39.5 Å². The summed E-state index contributed by atoms with van der Waals surface area (Å²) in [6.45, 7) is 10.5. The topological polar surface area (TPSA) is 0 Å². The van der Waals surface area contributed by atoms with Gasteiger partial charge in [0.2, 0.25) is 0 Å². The van der Waals surface area contributed by atoms with E-state index >= 15 is 0 Å². The van der Waals surface area contributed by atoms with Crippen molar-refractivity contribution in [1.29, 1.82) is 0 Å². The van der Waals surface area contributed by atoms with E-state index in [9.17, 15) is 0 Å². The normalized spacial score (nSPS) is 13.0. The summed E-state index contributed by atoms with van der Waals surface area (Å²) in [6, 6.07) is 0. The second-order valence-electron chi connectivity index (χ2n) is 4.11. The summed E-state index contributed by atoms with van der Waals surface area (Å²) in [5.74, 6) is 0. The van der Waals surface area contributed by atoms with Crippen molar-refractivity contribution in [3.63, 3.8) is 0 Å². The average Bonchev–Trinajstić information content (AvgIpc) is 2.26. The van der Waals surface area contributed by atoms with E-state index in [1.165, 1.54) is 44.1 Å². The molecular weight excluding hydrogens is 180 g/mol. The third-order valence-corrected chi connectivity index (χ3v) is 2.69. The van der Waals surface area contributed by atoms with E-state index in [1.807, 2.05) is 6.08 Å². The van der Waals surface area contributed by atoms with Crippen LogP contribution in [0, 0.1) is 0 Å². The Hall–Kier alpha value is -0.780. The first-order chi connectivity index (χ1) is 7.26. The maximum absolute atomic E-state index is 3.73. The van der Waals surface area contributed by atoms with Gasteiger partial charge in [0.25, 0.3) is 0 Å². The van der Waals surface area contributed by atoms with E-state index in [-0.39, 0.29) is 0 Å². The molecule has 0 aliphatic heterocycles. The maximum atomic E-state index is 3.73. The zero-order valence-corrected chi connectivity index (χ0v) is 10.7. The molecule has 0 rings (SSSR count). The van der Waals surface area contributed by atoms with Crippen molar-refractivity contribution in [3.05, 3.63) is 36.0 Å². The highest BCUT2D eigenvalue weighted by atomic mass is 14.0. The second kappa shape index (κ2) is 9.76. The van der Waals surface area contributed by atoms with Crippen LogP contribution in [0.15, 0.2) is 36.0 Å². The lowest BCUT2D eigenvalue weighted by molar-refractivity contribution is 0.754. The van der Waals surface area contributed by atoms with Crippen LogP contribution in [0.4, 0.5) is 0 Å². The Morgan fingerprint density at radius 2 is 1.67 bits per heavy atom. The molecule has 0 unspecified atom stereocenters. The highest BCUT2D eigenvalue weighted by Crippen LogP contribution is 2.18. The van der Waals surface area contributed by atoms with Crippen LogP contribution < -0.4 is 0 Å². The van der Waals surface area contributed by atoms with Crippen LogP contribution in [0.2, 0.25) is 0 Å². The van der Waals surface area contributed by atoms with Crippen molar-refractivity contribution in [2.45, 2.75) is 59.3 Å². The lowest BCUT2D eigenvalue weighted by atomic mass is 9.99. The summed E-state index contributed by atoms with van der Waals surface area (Å²) < 4.78 is 0. The summed E-state index contributed by atoms with van der Waals surface area (Å²) in [6.07, 6.45) is 13.8. The van der Waals surface area contributed by atoms with Crippen molar-refractivity contribution in [1.82, 2.24) is 0 Å². The molecule has 0 fully saturated rings. The third-order valence-electron chi connectivity index (χ3n) is 2.69. The molecule has 0 nitrogen and oxygen atoms in total. The van der Waals surface area contributed by atoms with Gasteiger partial charge in [0.1, 0.15) is 0 Å². The molecule has 0 aromatic heterocycles. The zero-order chi connectivity index (χ0) is 11.5. The van der Waals surface area contributed by atoms with Gasteiger partial charge in [0.15, 0.2) is 0 Å². The molecule has 0 bridgehead atoms. The molecule has 0 radical (unpaired) electrons. The molecule has 0 N–H and O–H groups in total.